The number of allylic oxidation sites excluding steroid dienone is 3. The zero-order chi connectivity index (χ0) is 14.5. The van der Waals surface area contributed by atoms with Crippen LogP contribution in [0.1, 0.15) is 66.2 Å². The number of ether oxygens (including phenoxy) is 1. The van der Waals surface area contributed by atoms with Crippen LogP contribution in [-0.2, 0) is 9.53 Å². The highest BCUT2D eigenvalue weighted by Gasteiger charge is 2.48. The molecule has 0 saturated heterocycles. The first-order valence-electron chi connectivity index (χ1n) is 7.89. The number of carbonyl (C=O) groups excluding carboxylic acids is 1. The van der Waals surface area contributed by atoms with Crippen LogP contribution < -0.4 is 0 Å². The average Bonchev–Trinajstić information content (AvgIpc) is 2.66. The van der Waals surface area contributed by atoms with Gasteiger partial charge in [-0.1, -0.05) is 25.5 Å². The Morgan fingerprint density at radius 1 is 1.20 bits per heavy atom. The van der Waals surface area contributed by atoms with Gasteiger partial charge in [-0.15, -0.1) is 0 Å². The molecule has 3 aliphatic rings. The molecule has 0 N–H and O–H groups in total. The van der Waals surface area contributed by atoms with E-state index in [2.05, 4.69) is 33.8 Å². The number of ketones is 1. The van der Waals surface area contributed by atoms with Crippen molar-refractivity contribution in [3.05, 3.63) is 23.0 Å². The van der Waals surface area contributed by atoms with Crippen LogP contribution in [0.3, 0.4) is 0 Å². The van der Waals surface area contributed by atoms with Crippen molar-refractivity contribution in [2.75, 3.05) is 0 Å². The molecule has 0 aromatic heterocycles. The van der Waals surface area contributed by atoms with E-state index in [-0.39, 0.29) is 11.0 Å². The lowest BCUT2D eigenvalue weighted by Crippen LogP contribution is -2.35. The molecule has 2 nitrogen and oxygen atoms in total. The molecule has 2 atom stereocenters. The normalized spacial score (nSPS) is 36.5. The number of hydrogen-bond acceptors (Lipinski definition) is 2. The zero-order valence-electron chi connectivity index (χ0n) is 13.2. The van der Waals surface area contributed by atoms with Gasteiger partial charge in [0.15, 0.2) is 5.78 Å². The lowest BCUT2D eigenvalue weighted by molar-refractivity contribution is -0.118. The maximum atomic E-state index is 12.4. The Bertz CT molecular complexity index is 510. The Labute approximate surface area is 122 Å². The summed E-state index contributed by atoms with van der Waals surface area (Å²) in [4.78, 5) is 12.4. The van der Waals surface area contributed by atoms with Gasteiger partial charge in [0, 0.05) is 30.8 Å². The minimum Gasteiger partial charge on any atom is -0.491 e. The fourth-order valence-electron chi connectivity index (χ4n) is 4.01. The molecular formula is C18H26O2. The van der Waals surface area contributed by atoms with Gasteiger partial charge in [0.2, 0.25) is 0 Å². The smallest absolute Gasteiger partial charge is 0.162 e. The molecule has 110 valence electrons. The lowest BCUT2D eigenvalue weighted by Gasteiger charge is -2.36. The molecule has 20 heavy (non-hydrogen) atoms. The second-order valence-corrected chi connectivity index (χ2v) is 7.96. The van der Waals surface area contributed by atoms with Crippen molar-refractivity contribution >= 4 is 5.78 Å². The van der Waals surface area contributed by atoms with Crippen molar-refractivity contribution in [3.63, 3.8) is 0 Å². The van der Waals surface area contributed by atoms with E-state index in [1.165, 1.54) is 18.4 Å². The fraction of sp³-hybridized carbons (Fsp3) is 0.722. The molecule has 0 aromatic carbocycles. The standard InChI is InChI=1S/C18H26O2/c1-12-5-7-13(8-6-12)18(4)9-14-15(19)10-17(2,3)11-16(14)20-18/h5,13H,6-11H2,1-4H3. The Balaban J connectivity index is 1.80. The molecule has 2 aliphatic carbocycles. The highest BCUT2D eigenvalue weighted by molar-refractivity contribution is 5.97. The summed E-state index contributed by atoms with van der Waals surface area (Å²) in [5.74, 6) is 1.87. The first-order chi connectivity index (χ1) is 9.29. The fourth-order valence-corrected chi connectivity index (χ4v) is 4.01. The van der Waals surface area contributed by atoms with Crippen LogP contribution in [0.5, 0.6) is 0 Å². The van der Waals surface area contributed by atoms with E-state index in [1.54, 1.807) is 0 Å². The molecule has 0 spiro atoms. The van der Waals surface area contributed by atoms with Gasteiger partial charge in [-0.25, -0.2) is 0 Å². The predicted molar refractivity (Wildman–Crippen MR) is 80.3 cm³/mol. The third-order valence-corrected chi connectivity index (χ3v) is 5.34. The van der Waals surface area contributed by atoms with Crippen molar-refractivity contribution in [1.29, 1.82) is 0 Å². The Morgan fingerprint density at radius 2 is 1.95 bits per heavy atom. The number of Topliss-reactive ketones (excluding diaryl/α,β-unsaturated/α-hetero) is 1. The van der Waals surface area contributed by atoms with Crippen LogP contribution in [0.2, 0.25) is 0 Å². The third kappa shape index (κ3) is 2.34. The minimum absolute atomic E-state index is 0.0597. The summed E-state index contributed by atoms with van der Waals surface area (Å²) < 4.78 is 6.36. The lowest BCUT2D eigenvalue weighted by atomic mass is 9.73. The van der Waals surface area contributed by atoms with Crippen LogP contribution in [-0.4, -0.2) is 11.4 Å². The van der Waals surface area contributed by atoms with E-state index in [1.807, 2.05) is 0 Å². The van der Waals surface area contributed by atoms with Gasteiger partial charge in [0.25, 0.3) is 0 Å². The van der Waals surface area contributed by atoms with E-state index in [0.29, 0.717) is 18.1 Å². The number of hydrogen-bond donors (Lipinski definition) is 0. The van der Waals surface area contributed by atoms with Gasteiger partial charge in [0.05, 0.1) is 0 Å². The third-order valence-electron chi connectivity index (χ3n) is 5.34. The van der Waals surface area contributed by atoms with Gasteiger partial charge >= 0.3 is 0 Å². The van der Waals surface area contributed by atoms with E-state index < -0.39 is 0 Å². The first kappa shape index (κ1) is 13.9. The van der Waals surface area contributed by atoms with E-state index >= 15 is 0 Å². The van der Waals surface area contributed by atoms with Crippen molar-refractivity contribution < 1.29 is 9.53 Å². The SMILES string of the molecule is CC1=CCC(C2(C)CC3=C(CC(C)(C)CC3=O)O2)CC1. The summed E-state index contributed by atoms with van der Waals surface area (Å²) >= 11 is 0. The number of carbonyl (C=O) groups is 1. The molecule has 0 aromatic rings. The van der Waals surface area contributed by atoms with Crippen LogP contribution >= 0.6 is 0 Å². The number of rotatable bonds is 1. The zero-order valence-corrected chi connectivity index (χ0v) is 13.2. The maximum Gasteiger partial charge on any atom is 0.162 e. The van der Waals surface area contributed by atoms with E-state index in [4.69, 9.17) is 4.74 Å². The topological polar surface area (TPSA) is 26.3 Å². The predicted octanol–water partition coefficient (Wildman–Crippen LogP) is 4.56. The molecule has 1 heterocycles. The van der Waals surface area contributed by atoms with Gasteiger partial charge in [-0.05, 0) is 38.5 Å². The van der Waals surface area contributed by atoms with Gasteiger partial charge in [-0.3, -0.25) is 4.79 Å². The summed E-state index contributed by atoms with van der Waals surface area (Å²) in [5.41, 5.74) is 2.40. The van der Waals surface area contributed by atoms with Gasteiger partial charge < -0.3 is 4.74 Å². The highest BCUT2D eigenvalue weighted by Crippen LogP contribution is 2.50. The molecule has 2 heteroatoms. The summed E-state index contributed by atoms with van der Waals surface area (Å²) in [6.45, 7) is 8.76. The quantitative estimate of drug-likeness (QED) is 0.655. The molecule has 2 unspecified atom stereocenters. The average molecular weight is 274 g/mol. The van der Waals surface area contributed by atoms with Crippen molar-refractivity contribution in [2.45, 2.75) is 71.8 Å². The molecule has 0 fully saturated rings. The Hall–Kier alpha value is -1.05. The van der Waals surface area contributed by atoms with Crippen molar-refractivity contribution in [2.24, 2.45) is 11.3 Å². The van der Waals surface area contributed by atoms with Crippen LogP contribution in [0.4, 0.5) is 0 Å². The molecule has 0 amide bonds. The first-order valence-corrected chi connectivity index (χ1v) is 7.89. The van der Waals surface area contributed by atoms with Crippen LogP contribution in [0, 0.1) is 11.3 Å². The summed E-state index contributed by atoms with van der Waals surface area (Å²) in [6.07, 6.45) is 8.24. The van der Waals surface area contributed by atoms with E-state index in [9.17, 15) is 4.79 Å². The van der Waals surface area contributed by atoms with Gasteiger partial charge in [-0.2, -0.15) is 0 Å². The summed E-state index contributed by atoms with van der Waals surface area (Å²) in [7, 11) is 0. The van der Waals surface area contributed by atoms with Crippen molar-refractivity contribution in [1.82, 2.24) is 0 Å². The monoisotopic (exact) mass is 274 g/mol. The molecule has 0 bridgehead atoms. The molecule has 3 rings (SSSR count). The molecule has 1 aliphatic heterocycles. The van der Waals surface area contributed by atoms with Crippen LogP contribution in [0.25, 0.3) is 0 Å². The van der Waals surface area contributed by atoms with Crippen molar-refractivity contribution in [3.8, 4) is 0 Å². The highest BCUT2D eigenvalue weighted by atomic mass is 16.5. The summed E-state index contributed by atoms with van der Waals surface area (Å²) in [6, 6.07) is 0. The minimum atomic E-state index is -0.155. The van der Waals surface area contributed by atoms with Gasteiger partial charge in [0.1, 0.15) is 11.4 Å². The Morgan fingerprint density at radius 3 is 2.60 bits per heavy atom. The largest absolute Gasteiger partial charge is 0.491 e. The second-order valence-electron chi connectivity index (χ2n) is 7.96. The maximum absolute atomic E-state index is 12.4. The molecule has 0 radical (unpaired) electrons. The Kier molecular flexibility index (Phi) is 3.11. The second kappa shape index (κ2) is 4.47. The summed E-state index contributed by atoms with van der Waals surface area (Å²) in [5, 5.41) is 0. The van der Waals surface area contributed by atoms with E-state index in [0.717, 1.165) is 30.6 Å². The molecule has 0 saturated carbocycles. The molecular weight excluding hydrogens is 248 g/mol. The van der Waals surface area contributed by atoms with Crippen LogP contribution in [0.15, 0.2) is 23.0 Å².